The third kappa shape index (κ3) is 3.48. The van der Waals surface area contributed by atoms with Gasteiger partial charge in [0.2, 0.25) is 0 Å². The van der Waals surface area contributed by atoms with Crippen LogP contribution in [0.5, 0.6) is 0 Å². The van der Waals surface area contributed by atoms with Crippen LogP contribution in [0.2, 0.25) is 0 Å². The van der Waals surface area contributed by atoms with Gasteiger partial charge in [-0.1, -0.05) is 38.1 Å². The Bertz CT molecular complexity index is 551. The first kappa shape index (κ1) is 14.8. The predicted octanol–water partition coefficient (Wildman–Crippen LogP) is 3.58. The fourth-order valence-electron chi connectivity index (χ4n) is 2.45. The van der Waals surface area contributed by atoms with E-state index in [2.05, 4.69) is 61.4 Å². The Morgan fingerprint density at radius 2 is 1.95 bits per heavy atom. The van der Waals surface area contributed by atoms with Crippen molar-refractivity contribution in [1.29, 1.82) is 0 Å². The van der Waals surface area contributed by atoms with Gasteiger partial charge in [0.1, 0.15) is 5.82 Å². The molecule has 0 radical (unpaired) electrons. The SMILES string of the molecule is CCCNCc1cc2ccccc2c(N(C)CCC)n1. The molecule has 0 fully saturated rings. The maximum Gasteiger partial charge on any atom is 0.136 e. The molecule has 0 saturated carbocycles. The highest BCUT2D eigenvalue weighted by molar-refractivity contribution is 5.92. The Morgan fingerprint density at radius 3 is 2.70 bits per heavy atom. The largest absolute Gasteiger partial charge is 0.359 e. The van der Waals surface area contributed by atoms with Crippen molar-refractivity contribution in [3.05, 3.63) is 36.0 Å². The predicted molar refractivity (Wildman–Crippen MR) is 87.3 cm³/mol. The van der Waals surface area contributed by atoms with Gasteiger partial charge in [0, 0.05) is 25.5 Å². The molecule has 0 spiro atoms. The quantitative estimate of drug-likeness (QED) is 0.780. The summed E-state index contributed by atoms with van der Waals surface area (Å²) in [6.45, 7) is 7.29. The second kappa shape index (κ2) is 7.25. The Balaban J connectivity index is 2.36. The number of hydrogen-bond acceptors (Lipinski definition) is 3. The van der Waals surface area contributed by atoms with E-state index in [-0.39, 0.29) is 0 Å². The average molecular weight is 271 g/mol. The molecule has 20 heavy (non-hydrogen) atoms. The average Bonchev–Trinajstić information content (AvgIpc) is 2.47. The van der Waals surface area contributed by atoms with Gasteiger partial charge in [0.15, 0.2) is 0 Å². The van der Waals surface area contributed by atoms with Gasteiger partial charge in [0.05, 0.1) is 5.69 Å². The number of aromatic nitrogens is 1. The van der Waals surface area contributed by atoms with Gasteiger partial charge >= 0.3 is 0 Å². The van der Waals surface area contributed by atoms with Crippen molar-refractivity contribution < 1.29 is 0 Å². The summed E-state index contributed by atoms with van der Waals surface area (Å²) in [5.41, 5.74) is 1.12. The molecule has 2 aromatic rings. The summed E-state index contributed by atoms with van der Waals surface area (Å²) in [6, 6.07) is 10.7. The molecule has 108 valence electrons. The number of rotatable bonds is 7. The molecule has 0 saturated heterocycles. The summed E-state index contributed by atoms with van der Waals surface area (Å²) >= 11 is 0. The Hall–Kier alpha value is -1.61. The molecule has 0 unspecified atom stereocenters. The van der Waals surface area contributed by atoms with E-state index in [0.717, 1.165) is 44.0 Å². The number of fused-ring (bicyclic) bond motifs is 1. The third-order valence-corrected chi connectivity index (χ3v) is 3.43. The van der Waals surface area contributed by atoms with Gasteiger partial charge in [-0.3, -0.25) is 0 Å². The third-order valence-electron chi connectivity index (χ3n) is 3.43. The van der Waals surface area contributed by atoms with Crippen LogP contribution in [0.15, 0.2) is 30.3 Å². The second-order valence-corrected chi connectivity index (χ2v) is 5.26. The zero-order valence-electron chi connectivity index (χ0n) is 12.8. The number of hydrogen-bond donors (Lipinski definition) is 1. The Labute approximate surface area is 122 Å². The Morgan fingerprint density at radius 1 is 1.15 bits per heavy atom. The molecule has 1 N–H and O–H groups in total. The van der Waals surface area contributed by atoms with Gasteiger partial charge < -0.3 is 10.2 Å². The minimum atomic E-state index is 0.839. The lowest BCUT2D eigenvalue weighted by Crippen LogP contribution is -2.21. The topological polar surface area (TPSA) is 28.2 Å². The van der Waals surface area contributed by atoms with Crippen molar-refractivity contribution >= 4 is 16.6 Å². The molecular weight excluding hydrogens is 246 g/mol. The zero-order valence-corrected chi connectivity index (χ0v) is 12.8. The van der Waals surface area contributed by atoms with Gasteiger partial charge in [-0.05, 0) is 30.8 Å². The molecular formula is C17H25N3. The van der Waals surface area contributed by atoms with Crippen LogP contribution in [-0.2, 0) is 6.54 Å². The second-order valence-electron chi connectivity index (χ2n) is 5.26. The molecule has 0 amide bonds. The molecule has 1 aromatic carbocycles. The Kier molecular flexibility index (Phi) is 5.36. The smallest absolute Gasteiger partial charge is 0.136 e. The van der Waals surface area contributed by atoms with Crippen LogP contribution in [0, 0.1) is 0 Å². The van der Waals surface area contributed by atoms with Crippen LogP contribution in [0.1, 0.15) is 32.4 Å². The van der Waals surface area contributed by atoms with Crippen molar-refractivity contribution in [1.82, 2.24) is 10.3 Å². The summed E-state index contributed by atoms with van der Waals surface area (Å²) in [4.78, 5) is 7.11. The zero-order chi connectivity index (χ0) is 14.4. The highest BCUT2D eigenvalue weighted by Gasteiger charge is 2.09. The lowest BCUT2D eigenvalue weighted by atomic mass is 10.1. The fourth-order valence-corrected chi connectivity index (χ4v) is 2.45. The fraction of sp³-hybridized carbons (Fsp3) is 0.471. The monoisotopic (exact) mass is 271 g/mol. The molecule has 3 heteroatoms. The van der Waals surface area contributed by atoms with E-state index in [4.69, 9.17) is 4.98 Å². The minimum absolute atomic E-state index is 0.839. The first-order valence-corrected chi connectivity index (χ1v) is 7.56. The molecule has 0 aliphatic rings. The van der Waals surface area contributed by atoms with E-state index in [1.165, 1.54) is 10.8 Å². The van der Waals surface area contributed by atoms with Crippen molar-refractivity contribution in [2.45, 2.75) is 33.2 Å². The van der Waals surface area contributed by atoms with Gasteiger partial charge in [-0.2, -0.15) is 0 Å². The van der Waals surface area contributed by atoms with Crippen molar-refractivity contribution in [2.24, 2.45) is 0 Å². The van der Waals surface area contributed by atoms with E-state index in [1.807, 2.05) is 0 Å². The lowest BCUT2D eigenvalue weighted by molar-refractivity contribution is 0.664. The minimum Gasteiger partial charge on any atom is -0.359 e. The van der Waals surface area contributed by atoms with E-state index < -0.39 is 0 Å². The van der Waals surface area contributed by atoms with Crippen LogP contribution in [0.3, 0.4) is 0 Å². The summed E-state index contributed by atoms with van der Waals surface area (Å²) < 4.78 is 0. The molecule has 0 aliphatic carbocycles. The summed E-state index contributed by atoms with van der Waals surface area (Å²) in [6.07, 6.45) is 2.28. The molecule has 1 aromatic heterocycles. The summed E-state index contributed by atoms with van der Waals surface area (Å²) in [5, 5.41) is 5.94. The van der Waals surface area contributed by atoms with Crippen LogP contribution in [0.25, 0.3) is 10.8 Å². The molecule has 0 aliphatic heterocycles. The number of benzene rings is 1. The maximum atomic E-state index is 4.85. The van der Waals surface area contributed by atoms with Gasteiger partial charge in [-0.15, -0.1) is 0 Å². The van der Waals surface area contributed by atoms with Crippen molar-refractivity contribution in [3.63, 3.8) is 0 Å². The van der Waals surface area contributed by atoms with E-state index in [0.29, 0.717) is 0 Å². The number of nitrogens with zero attached hydrogens (tertiary/aromatic N) is 2. The number of nitrogens with one attached hydrogen (secondary N) is 1. The number of anilines is 1. The van der Waals surface area contributed by atoms with E-state index >= 15 is 0 Å². The van der Waals surface area contributed by atoms with Crippen LogP contribution in [-0.4, -0.2) is 25.1 Å². The first-order chi connectivity index (χ1) is 9.76. The molecule has 3 nitrogen and oxygen atoms in total. The molecule has 1 heterocycles. The van der Waals surface area contributed by atoms with Crippen molar-refractivity contribution in [2.75, 3.05) is 25.0 Å². The van der Waals surface area contributed by atoms with Gasteiger partial charge in [-0.25, -0.2) is 4.98 Å². The van der Waals surface area contributed by atoms with Crippen molar-refractivity contribution in [3.8, 4) is 0 Å². The van der Waals surface area contributed by atoms with E-state index in [1.54, 1.807) is 0 Å². The standard InChI is InChI=1S/C17H25N3/c1-4-10-18-13-15-12-14-8-6-7-9-16(14)17(19-15)20(3)11-5-2/h6-9,12,18H,4-5,10-11,13H2,1-3H3. The molecule has 2 rings (SSSR count). The van der Waals surface area contributed by atoms with E-state index in [9.17, 15) is 0 Å². The lowest BCUT2D eigenvalue weighted by Gasteiger charge is -2.20. The summed E-state index contributed by atoms with van der Waals surface area (Å²) in [5.74, 6) is 1.10. The van der Waals surface area contributed by atoms with Crippen LogP contribution < -0.4 is 10.2 Å². The van der Waals surface area contributed by atoms with Gasteiger partial charge in [0.25, 0.3) is 0 Å². The highest BCUT2D eigenvalue weighted by atomic mass is 15.2. The van der Waals surface area contributed by atoms with Crippen LogP contribution >= 0.6 is 0 Å². The number of pyridine rings is 1. The summed E-state index contributed by atoms with van der Waals surface area (Å²) in [7, 11) is 2.13. The maximum absolute atomic E-state index is 4.85. The first-order valence-electron chi connectivity index (χ1n) is 7.56. The molecule has 0 atom stereocenters. The highest BCUT2D eigenvalue weighted by Crippen LogP contribution is 2.25. The van der Waals surface area contributed by atoms with Crippen LogP contribution in [0.4, 0.5) is 5.82 Å². The normalized spacial score (nSPS) is 10.9. The molecule has 0 bridgehead atoms.